The van der Waals surface area contributed by atoms with Crippen molar-refractivity contribution in [2.45, 2.75) is 20.6 Å². The van der Waals surface area contributed by atoms with E-state index in [1.54, 1.807) is 42.6 Å². The number of aromatic nitrogens is 3. The van der Waals surface area contributed by atoms with Crippen LogP contribution >= 0.6 is 0 Å². The third kappa shape index (κ3) is 9.76. The number of pyridine rings is 3. The first-order valence-corrected chi connectivity index (χ1v) is 24.9. The fraction of sp³-hybridized carbons (Fsp3) is 0.0417. The molecule has 75 heavy (non-hydrogen) atoms. The fourth-order valence-corrected chi connectivity index (χ4v) is 10.0. The first-order valence-electron chi connectivity index (χ1n) is 29.4. The van der Waals surface area contributed by atoms with Gasteiger partial charge in [0.05, 0.1) is 17.1 Å². The number of hydrogen-bond donors (Lipinski definition) is 0. The fourth-order valence-electron chi connectivity index (χ4n) is 10.0. The third-order valence-corrected chi connectivity index (χ3v) is 13.8. The van der Waals surface area contributed by atoms with E-state index in [1.165, 1.54) is 12.4 Å². The zero-order chi connectivity index (χ0) is 58.2. The van der Waals surface area contributed by atoms with Gasteiger partial charge in [-0.05, 0) is 175 Å². The van der Waals surface area contributed by atoms with Crippen LogP contribution in [0, 0.1) is 20.6 Å². The van der Waals surface area contributed by atoms with Crippen molar-refractivity contribution < 1.29 is 12.3 Å². The highest BCUT2D eigenvalue weighted by molar-refractivity contribution is 5.97. The Bertz CT molecular complexity index is 4160. The summed E-state index contributed by atoms with van der Waals surface area (Å²) < 4.78 is 71.5. The molecule has 0 radical (unpaired) electrons. The van der Waals surface area contributed by atoms with Crippen LogP contribution in [0.4, 0.5) is 0 Å². The highest BCUT2D eigenvalue weighted by Gasteiger charge is 2.19. The molecule has 9 aromatic carbocycles. The molecule has 0 spiro atoms. The van der Waals surface area contributed by atoms with Crippen molar-refractivity contribution in [3.8, 4) is 123 Å². The largest absolute Gasteiger partial charge is 0.256 e. The average molecular weight is 969 g/mol. The molecule has 0 bridgehead atoms. The smallest absolute Gasteiger partial charge is 0.0704 e. The van der Waals surface area contributed by atoms with Crippen molar-refractivity contribution in [3.05, 3.63) is 284 Å². The number of aryl methyl sites for hydroxylation is 3. The Hall–Kier alpha value is -9.57. The van der Waals surface area contributed by atoms with Crippen LogP contribution < -0.4 is 0 Å². The summed E-state index contributed by atoms with van der Waals surface area (Å²) >= 11 is 0. The molecule has 3 heteroatoms. The minimum Gasteiger partial charge on any atom is -0.256 e. The Balaban J connectivity index is 1.01. The number of nitrogens with zero attached hydrogens (tertiary/aromatic N) is 3. The minimum absolute atomic E-state index is 0.192. The molecule has 0 N–H and O–H groups in total. The Morgan fingerprint density at radius 1 is 0.227 bits per heavy atom. The van der Waals surface area contributed by atoms with Crippen molar-refractivity contribution in [1.82, 2.24) is 15.0 Å². The lowest BCUT2D eigenvalue weighted by atomic mass is 9.84. The number of rotatable bonds is 11. The molecular weight excluding hydrogens is 907 g/mol. The van der Waals surface area contributed by atoms with Crippen molar-refractivity contribution >= 4 is 0 Å². The summed E-state index contributed by atoms with van der Waals surface area (Å²) in [6.07, 6.45) is 4.40. The number of benzene rings is 9. The van der Waals surface area contributed by atoms with Gasteiger partial charge in [0.25, 0.3) is 0 Å². The van der Waals surface area contributed by atoms with Crippen LogP contribution in [-0.4, -0.2) is 15.0 Å². The summed E-state index contributed by atoms with van der Waals surface area (Å²) in [6, 6.07) is 83.4. The summed E-state index contributed by atoms with van der Waals surface area (Å²) in [7, 11) is 0. The average Bonchev–Trinajstić information content (AvgIpc) is 3.70. The highest BCUT2D eigenvalue weighted by Crippen LogP contribution is 2.45. The molecule has 12 rings (SSSR count). The molecule has 3 heterocycles. The van der Waals surface area contributed by atoms with Crippen LogP contribution in [0.25, 0.3) is 123 Å². The van der Waals surface area contributed by atoms with Crippen LogP contribution in [0.2, 0.25) is 0 Å². The molecule has 3 nitrogen and oxygen atoms in total. The molecule has 12 aromatic rings. The minimum atomic E-state index is -2.30. The summed E-state index contributed by atoms with van der Waals surface area (Å²) in [5, 5.41) is 0. The lowest BCUT2D eigenvalue weighted by molar-refractivity contribution is 1.27. The maximum Gasteiger partial charge on any atom is 0.0704 e. The van der Waals surface area contributed by atoms with Gasteiger partial charge in [-0.3, -0.25) is 15.0 Å². The molecule has 0 aliphatic heterocycles. The molecule has 0 saturated heterocycles. The van der Waals surface area contributed by atoms with Gasteiger partial charge in [-0.15, -0.1) is 0 Å². The Morgan fingerprint density at radius 2 is 0.613 bits per heavy atom. The van der Waals surface area contributed by atoms with Gasteiger partial charge in [-0.1, -0.05) is 200 Å². The predicted molar refractivity (Wildman–Crippen MR) is 314 cm³/mol. The predicted octanol–water partition coefficient (Wildman–Crippen LogP) is 19.1. The van der Waals surface area contributed by atoms with E-state index in [0.29, 0.717) is 17.1 Å². The van der Waals surface area contributed by atoms with Crippen molar-refractivity contribution in [2.24, 2.45) is 0 Å². The summed E-state index contributed by atoms with van der Waals surface area (Å²) in [4.78, 5) is 13.7. The van der Waals surface area contributed by atoms with Crippen molar-refractivity contribution in [3.63, 3.8) is 0 Å². The monoisotopic (exact) mass is 968 g/mol. The molecule has 0 aliphatic carbocycles. The van der Waals surface area contributed by atoms with E-state index in [1.807, 2.05) is 60.7 Å². The summed E-state index contributed by atoms with van der Waals surface area (Å²) in [5.74, 6) is 0. The molecular formula is C72H53N3. The van der Waals surface area contributed by atoms with E-state index >= 15 is 0 Å². The second-order valence-electron chi connectivity index (χ2n) is 18.6. The number of hydrogen-bond acceptors (Lipinski definition) is 3. The first kappa shape index (κ1) is 37.2. The summed E-state index contributed by atoms with van der Waals surface area (Å²) in [6.45, 7) is -6.79. The van der Waals surface area contributed by atoms with E-state index in [9.17, 15) is 0 Å². The topological polar surface area (TPSA) is 38.7 Å². The van der Waals surface area contributed by atoms with Crippen LogP contribution in [0.1, 0.15) is 29.0 Å². The molecule has 0 unspecified atom stereocenters. The van der Waals surface area contributed by atoms with E-state index in [2.05, 4.69) is 167 Å². The van der Waals surface area contributed by atoms with Crippen LogP contribution in [0.3, 0.4) is 0 Å². The van der Waals surface area contributed by atoms with Gasteiger partial charge in [-0.2, -0.15) is 0 Å². The van der Waals surface area contributed by atoms with Gasteiger partial charge in [0.1, 0.15) is 0 Å². The lowest BCUT2D eigenvalue weighted by Crippen LogP contribution is -1.94. The van der Waals surface area contributed by atoms with Crippen LogP contribution in [-0.2, 0) is 0 Å². The maximum absolute atomic E-state index is 8.19. The van der Waals surface area contributed by atoms with E-state index in [0.717, 1.165) is 106 Å². The normalized spacial score (nSPS) is 13.4. The highest BCUT2D eigenvalue weighted by atomic mass is 14.7. The van der Waals surface area contributed by atoms with Gasteiger partial charge in [-0.25, -0.2) is 0 Å². The Kier molecular flexibility index (Phi) is 10.2. The zero-order valence-electron chi connectivity index (χ0n) is 49.7. The van der Waals surface area contributed by atoms with Gasteiger partial charge in [0.15, 0.2) is 0 Å². The van der Waals surface area contributed by atoms with E-state index < -0.39 is 20.6 Å². The maximum atomic E-state index is 8.19. The Labute approximate surface area is 452 Å². The first-order chi connectivity index (χ1) is 40.5. The SMILES string of the molecule is [2H]C([2H])([2H])c1ccc(-c2ccc(-c3ccccc3-c3cc(-c4ccccc4-c4ccc(-c5ccc(C([2H])([2H])[2H])cn5)cc4)cc(-c4ccccc4-c4ccc(-c5cc(C([2H])([2H])[2H])ccn5)cc4-c4ccc(-c5ccccc5)cc4)c3)cc2)nc1. The zero-order valence-corrected chi connectivity index (χ0v) is 40.7. The van der Waals surface area contributed by atoms with Crippen molar-refractivity contribution in [1.29, 1.82) is 0 Å². The molecule has 3 aromatic heterocycles. The Morgan fingerprint density at radius 3 is 1.09 bits per heavy atom. The van der Waals surface area contributed by atoms with E-state index in [4.69, 9.17) is 12.3 Å². The second-order valence-corrected chi connectivity index (χ2v) is 18.6. The van der Waals surface area contributed by atoms with Gasteiger partial charge >= 0.3 is 0 Å². The van der Waals surface area contributed by atoms with Gasteiger partial charge in [0, 0.05) is 47.6 Å². The third-order valence-electron chi connectivity index (χ3n) is 13.8. The van der Waals surface area contributed by atoms with Gasteiger partial charge < -0.3 is 0 Å². The van der Waals surface area contributed by atoms with Crippen LogP contribution in [0.5, 0.6) is 0 Å². The lowest BCUT2D eigenvalue weighted by Gasteiger charge is -2.19. The second kappa shape index (κ2) is 20.5. The molecule has 0 atom stereocenters. The van der Waals surface area contributed by atoms with Crippen LogP contribution in [0.15, 0.2) is 267 Å². The molecule has 0 amide bonds. The van der Waals surface area contributed by atoms with Gasteiger partial charge in [0.2, 0.25) is 0 Å². The molecule has 0 saturated carbocycles. The molecule has 0 aliphatic rings. The van der Waals surface area contributed by atoms with E-state index in [-0.39, 0.29) is 16.7 Å². The quantitative estimate of drug-likeness (QED) is 0.130. The standard InChI is InChI=1S/C72H53N3/c1-48-39-40-73-72(41-48)58-35-36-68(69(45-58)55-25-23-52(24-26-55)51-13-5-4-6-14-51)67-20-12-11-19-66(67)61-43-59(64-17-9-7-15-62(64)53-27-31-56(32-28-53)70-37-21-49(2)46-74-70)42-60(44-61)65-18-10-8-16-63(65)54-29-33-57(34-30-54)71-38-22-50(3)47-75-71/h4-47H,1-3H3/i1D3,2D3,3D3. The molecule has 0 fully saturated rings. The molecule has 356 valence electrons. The summed E-state index contributed by atoms with van der Waals surface area (Å²) in [5.41, 5.74) is 21.1. The van der Waals surface area contributed by atoms with Crippen molar-refractivity contribution in [2.75, 3.05) is 0 Å².